The molecular weight excluding hydrogens is 408 g/mol. The predicted molar refractivity (Wildman–Crippen MR) is 107 cm³/mol. The number of unbranched alkanes of at least 4 members (excludes halogenated alkanes) is 1. The second kappa shape index (κ2) is 13.9. The molecule has 0 bridgehead atoms. The molecule has 0 aliphatic heterocycles. The minimum atomic E-state index is -2.87. The van der Waals surface area contributed by atoms with Crippen molar-refractivity contribution in [2.24, 2.45) is 0 Å². The Morgan fingerprint density at radius 1 is 0.708 bits per heavy atom. The smallest absolute Gasteiger partial charge is 0.394 e. The van der Waals surface area contributed by atoms with Gasteiger partial charge in [0.25, 0.3) is 0 Å². The first-order chi connectivity index (χ1) is 11.5. The van der Waals surface area contributed by atoms with Gasteiger partial charge in [0, 0.05) is 38.4 Å². The topological polar surface area (TPSA) is 46.2 Å². The number of hydrogen-bond acceptors (Lipinski definition) is 5. The molecule has 0 saturated carbocycles. The second-order valence-corrected chi connectivity index (χ2v) is 13.3. The number of alkyl halides is 1. The molecule has 0 aliphatic rings. The molecule has 0 fully saturated rings. The van der Waals surface area contributed by atoms with Gasteiger partial charge in [0.1, 0.15) is 0 Å². The zero-order valence-electron chi connectivity index (χ0n) is 16.4. The van der Waals surface area contributed by atoms with Gasteiger partial charge in [0.15, 0.2) is 0 Å². The standard InChI is InChI=1S/C16H37BrO5Si2/c1-7-18-23(19-8-2,15-13-12-14-17)16(6)24(20-9-3,21-10-4)22-11-5/h16H,7-15H2,1-6H3. The molecule has 0 rings (SSSR count). The highest BCUT2D eigenvalue weighted by Crippen LogP contribution is 2.39. The van der Waals surface area contributed by atoms with Crippen LogP contribution < -0.4 is 0 Å². The summed E-state index contributed by atoms with van der Waals surface area (Å²) in [6, 6.07) is 0.934. The summed E-state index contributed by atoms with van der Waals surface area (Å²) in [5.41, 5.74) is 0. The highest BCUT2D eigenvalue weighted by Gasteiger charge is 2.60. The maximum absolute atomic E-state index is 6.32. The van der Waals surface area contributed by atoms with Gasteiger partial charge in [0.2, 0.25) is 0 Å². The van der Waals surface area contributed by atoms with E-state index in [9.17, 15) is 0 Å². The molecule has 5 nitrogen and oxygen atoms in total. The minimum Gasteiger partial charge on any atom is -0.394 e. The van der Waals surface area contributed by atoms with E-state index >= 15 is 0 Å². The number of hydrogen-bond donors (Lipinski definition) is 0. The Labute approximate surface area is 159 Å². The van der Waals surface area contributed by atoms with Crippen LogP contribution in [0.15, 0.2) is 0 Å². The molecule has 1 unspecified atom stereocenters. The van der Waals surface area contributed by atoms with Gasteiger partial charge >= 0.3 is 17.4 Å². The fourth-order valence-corrected chi connectivity index (χ4v) is 12.4. The third-order valence-electron chi connectivity index (χ3n) is 3.91. The first-order valence-corrected chi connectivity index (χ1v) is 14.3. The maximum atomic E-state index is 6.32. The quantitative estimate of drug-likeness (QED) is 0.197. The predicted octanol–water partition coefficient (Wildman–Crippen LogP) is 4.65. The van der Waals surface area contributed by atoms with Gasteiger partial charge in [-0.2, -0.15) is 0 Å². The van der Waals surface area contributed by atoms with Gasteiger partial charge in [-0.3, -0.25) is 0 Å². The first-order valence-electron chi connectivity index (χ1n) is 9.28. The maximum Gasteiger partial charge on any atom is 0.505 e. The summed E-state index contributed by atoms with van der Waals surface area (Å²) in [6.45, 7) is 15.2. The van der Waals surface area contributed by atoms with Crippen LogP contribution in [0.25, 0.3) is 0 Å². The van der Waals surface area contributed by atoms with Crippen molar-refractivity contribution in [1.82, 2.24) is 0 Å². The largest absolute Gasteiger partial charge is 0.505 e. The van der Waals surface area contributed by atoms with Gasteiger partial charge < -0.3 is 22.1 Å². The van der Waals surface area contributed by atoms with Crippen molar-refractivity contribution >= 4 is 33.3 Å². The molecule has 0 aromatic rings. The molecule has 8 heteroatoms. The van der Waals surface area contributed by atoms with Crippen LogP contribution >= 0.6 is 15.9 Å². The van der Waals surface area contributed by atoms with E-state index in [0.29, 0.717) is 33.0 Å². The Kier molecular flexibility index (Phi) is 14.3. The summed E-state index contributed by atoms with van der Waals surface area (Å²) in [6.07, 6.45) is 2.17. The Balaban J connectivity index is 5.68. The second-order valence-electron chi connectivity index (χ2n) is 5.45. The van der Waals surface area contributed by atoms with E-state index in [2.05, 4.69) is 22.9 Å². The zero-order chi connectivity index (χ0) is 18.5. The van der Waals surface area contributed by atoms with Crippen molar-refractivity contribution < 1.29 is 22.1 Å². The Hall–Kier alpha value is 0.714. The van der Waals surface area contributed by atoms with Crippen LogP contribution in [0.5, 0.6) is 0 Å². The molecule has 0 saturated heterocycles. The molecule has 0 radical (unpaired) electrons. The monoisotopic (exact) mass is 444 g/mol. The summed E-state index contributed by atoms with van der Waals surface area (Å²) >= 11 is 3.51. The highest BCUT2D eigenvalue weighted by atomic mass is 79.9. The Morgan fingerprint density at radius 2 is 1.12 bits per heavy atom. The fourth-order valence-electron chi connectivity index (χ4n) is 2.98. The molecule has 0 aromatic heterocycles. The van der Waals surface area contributed by atoms with Gasteiger partial charge in [-0.1, -0.05) is 29.3 Å². The van der Waals surface area contributed by atoms with Crippen LogP contribution in [0.2, 0.25) is 11.2 Å². The van der Waals surface area contributed by atoms with Crippen molar-refractivity contribution in [2.45, 2.75) is 65.6 Å². The van der Waals surface area contributed by atoms with Crippen LogP contribution in [-0.4, -0.2) is 55.7 Å². The van der Waals surface area contributed by atoms with Gasteiger partial charge in [0.05, 0.1) is 5.16 Å². The lowest BCUT2D eigenvalue weighted by atomic mass is 10.4. The molecule has 0 amide bonds. The van der Waals surface area contributed by atoms with E-state index in [1.54, 1.807) is 0 Å². The third-order valence-corrected chi connectivity index (χ3v) is 13.9. The molecule has 0 heterocycles. The molecule has 24 heavy (non-hydrogen) atoms. The van der Waals surface area contributed by atoms with E-state index in [0.717, 1.165) is 24.2 Å². The van der Waals surface area contributed by atoms with Crippen molar-refractivity contribution in [3.05, 3.63) is 0 Å². The Bertz CT molecular complexity index is 287. The van der Waals surface area contributed by atoms with Gasteiger partial charge in [-0.15, -0.1) is 0 Å². The summed E-state index contributed by atoms with van der Waals surface area (Å²) in [5.74, 6) is 0. The van der Waals surface area contributed by atoms with Crippen molar-refractivity contribution in [1.29, 1.82) is 0 Å². The molecule has 0 aromatic carbocycles. The highest BCUT2D eigenvalue weighted by molar-refractivity contribution is 9.09. The van der Waals surface area contributed by atoms with Crippen molar-refractivity contribution in [3.63, 3.8) is 0 Å². The van der Waals surface area contributed by atoms with E-state index in [1.807, 2.05) is 34.6 Å². The van der Waals surface area contributed by atoms with Gasteiger partial charge in [-0.25, -0.2) is 0 Å². The number of rotatable bonds is 16. The van der Waals surface area contributed by atoms with Gasteiger partial charge in [-0.05, 0) is 47.1 Å². The molecule has 146 valence electrons. The first kappa shape index (κ1) is 24.7. The molecule has 0 N–H and O–H groups in total. The molecule has 1 atom stereocenters. The van der Waals surface area contributed by atoms with Crippen LogP contribution in [0, 0.1) is 0 Å². The van der Waals surface area contributed by atoms with E-state index in [-0.39, 0.29) is 5.16 Å². The zero-order valence-corrected chi connectivity index (χ0v) is 19.9. The number of halogens is 1. The Morgan fingerprint density at radius 3 is 1.46 bits per heavy atom. The average Bonchev–Trinajstić information content (AvgIpc) is 2.55. The van der Waals surface area contributed by atoms with Crippen LogP contribution in [0.4, 0.5) is 0 Å². The lowest BCUT2D eigenvalue weighted by molar-refractivity contribution is 0.0608. The lowest BCUT2D eigenvalue weighted by Gasteiger charge is -2.42. The summed E-state index contributed by atoms with van der Waals surface area (Å²) in [5, 5.41) is 1.02. The summed E-state index contributed by atoms with van der Waals surface area (Å²) in [4.78, 5) is 0. The van der Waals surface area contributed by atoms with Crippen LogP contribution in [0.3, 0.4) is 0 Å². The molecule has 0 spiro atoms. The average molecular weight is 446 g/mol. The van der Waals surface area contributed by atoms with Crippen molar-refractivity contribution in [2.75, 3.05) is 38.4 Å². The van der Waals surface area contributed by atoms with Crippen LogP contribution in [0.1, 0.15) is 54.4 Å². The fraction of sp³-hybridized carbons (Fsp3) is 1.00. The van der Waals surface area contributed by atoms with Crippen LogP contribution in [-0.2, 0) is 22.1 Å². The summed E-state index contributed by atoms with van der Waals surface area (Å²) in [7, 11) is -5.39. The van der Waals surface area contributed by atoms with Crippen molar-refractivity contribution in [3.8, 4) is 0 Å². The lowest BCUT2D eigenvalue weighted by Crippen LogP contribution is -2.61. The van der Waals surface area contributed by atoms with E-state index < -0.39 is 17.4 Å². The molecular formula is C16H37BrO5Si2. The normalized spacial score (nSPS) is 14.1. The third kappa shape index (κ3) is 7.15. The van der Waals surface area contributed by atoms with E-state index in [4.69, 9.17) is 22.1 Å². The van der Waals surface area contributed by atoms with E-state index in [1.165, 1.54) is 0 Å². The SMILES string of the molecule is CCO[Si](CCCCBr)(OCC)C(C)[Si](OCC)(OCC)OCC. The summed E-state index contributed by atoms with van der Waals surface area (Å²) < 4.78 is 31.1. The minimum absolute atomic E-state index is 0.0278. The molecule has 0 aliphatic carbocycles.